The zero-order valence-corrected chi connectivity index (χ0v) is 19.8. The largest absolute Gasteiger partial charge is 0.393 e. The second kappa shape index (κ2) is 8.12. The van der Waals surface area contributed by atoms with Crippen LogP contribution in [0.3, 0.4) is 0 Å². The lowest BCUT2D eigenvalue weighted by Crippen LogP contribution is -2.55. The van der Waals surface area contributed by atoms with Gasteiger partial charge in [-0.25, -0.2) is 0 Å². The molecular formula is C27H48O2. The molecule has 4 rings (SSSR count). The van der Waals surface area contributed by atoms with Crippen molar-refractivity contribution < 1.29 is 10.2 Å². The summed E-state index contributed by atoms with van der Waals surface area (Å²) in [7, 11) is 0. The number of hydrogen-bond donors (Lipinski definition) is 2. The molecule has 2 N–H and O–H groups in total. The quantitative estimate of drug-likeness (QED) is 0.482. The average Bonchev–Trinajstić information content (AvgIpc) is 3.04. The molecule has 0 heterocycles. The lowest BCUT2D eigenvalue weighted by atomic mass is 9.44. The highest BCUT2D eigenvalue weighted by molar-refractivity contribution is 5.11. The smallest absolute Gasteiger partial charge is 0.0653 e. The minimum absolute atomic E-state index is 0.0443. The monoisotopic (exact) mass is 404 g/mol. The third-order valence-electron chi connectivity index (χ3n) is 10.9. The van der Waals surface area contributed by atoms with Crippen LogP contribution >= 0.6 is 0 Å². The molecule has 0 aromatic carbocycles. The number of hydrogen-bond acceptors (Lipinski definition) is 2. The van der Waals surface area contributed by atoms with Crippen molar-refractivity contribution in [1.82, 2.24) is 0 Å². The zero-order chi connectivity index (χ0) is 20.9. The summed E-state index contributed by atoms with van der Waals surface area (Å²) in [5.74, 6) is 3.78. The van der Waals surface area contributed by atoms with Crippen LogP contribution in [0.25, 0.3) is 0 Å². The first kappa shape index (κ1) is 22.1. The van der Waals surface area contributed by atoms with Gasteiger partial charge in [0.25, 0.3) is 0 Å². The molecule has 9 atom stereocenters. The summed E-state index contributed by atoms with van der Waals surface area (Å²) in [6.45, 7) is 9.58. The molecule has 0 amide bonds. The molecule has 0 bridgehead atoms. The summed E-state index contributed by atoms with van der Waals surface area (Å²) >= 11 is 0. The highest BCUT2D eigenvalue weighted by Gasteiger charge is 2.62. The van der Waals surface area contributed by atoms with Gasteiger partial charge >= 0.3 is 0 Å². The van der Waals surface area contributed by atoms with E-state index in [1.807, 2.05) is 0 Å². The van der Waals surface area contributed by atoms with E-state index >= 15 is 0 Å². The van der Waals surface area contributed by atoms with Gasteiger partial charge in [0, 0.05) is 0 Å². The van der Waals surface area contributed by atoms with Crippen molar-refractivity contribution in [2.24, 2.45) is 40.4 Å². The van der Waals surface area contributed by atoms with Gasteiger partial charge in [0.1, 0.15) is 0 Å². The lowest BCUT2D eigenvalue weighted by Gasteiger charge is -2.61. The Bertz CT molecular complexity index is 571. The summed E-state index contributed by atoms with van der Waals surface area (Å²) < 4.78 is 0. The van der Waals surface area contributed by atoms with E-state index in [1.165, 1.54) is 70.6 Å². The van der Waals surface area contributed by atoms with Gasteiger partial charge in [-0.05, 0) is 112 Å². The van der Waals surface area contributed by atoms with Gasteiger partial charge in [0.15, 0.2) is 0 Å². The summed E-state index contributed by atoms with van der Waals surface area (Å²) in [5.41, 5.74) is 0.317. The van der Waals surface area contributed by atoms with Crippen molar-refractivity contribution in [3.63, 3.8) is 0 Å². The first-order valence-corrected chi connectivity index (χ1v) is 13.1. The summed E-state index contributed by atoms with van der Waals surface area (Å²) in [4.78, 5) is 0. The Morgan fingerprint density at radius 3 is 2.34 bits per heavy atom. The van der Waals surface area contributed by atoms with Crippen molar-refractivity contribution in [3.8, 4) is 0 Å². The van der Waals surface area contributed by atoms with E-state index in [0.717, 1.165) is 42.9 Å². The fourth-order valence-corrected chi connectivity index (χ4v) is 9.34. The molecule has 168 valence electrons. The van der Waals surface area contributed by atoms with Gasteiger partial charge in [-0.3, -0.25) is 0 Å². The molecule has 0 aliphatic heterocycles. The predicted molar refractivity (Wildman–Crippen MR) is 121 cm³/mol. The summed E-state index contributed by atoms with van der Waals surface area (Å²) in [6, 6.07) is 0. The Morgan fingerprint density at radius 2 is 1.59 bits per heavy atom. The standard InChI is InChI=1S/C27H48O2/c1-5-6-7-8-15-27(4,29)24-12-11-22-21-10-9-19-18-20(28)13-16-25(19,2)23(21)14-17-26(22,24)3/h19-24,28-29H,5-18H2,1-4H3/t19?,20?,21?,22?,23?,24?,25?,26?,27-/m0/s1. The van der Waals surface area contributed by atoms with E-state index in [4.69, 9.17) is 0 Å². The number of fused-ring (bicyclic) bond motifs is 5. The molecule has 0 aromatic rings. The van der Waals surface area contributed by atoms with Crippen molar-refractivity contribution in [2.75, 3.05) is 0 Å². The van der Waals surface area contributed by atoms with Crippen LogP contribution in [0.15, 0.2) is 0 Å². The van der Waals surface area contributed by atoms with Crippen LogP contribution in [-0.2, 0) is 0 Å². The van der Waals surface area contributed by atoms with Crippen LogP contribution in [0.4, 0.5) is 0 Å². The van der Waals surface area contributed by atoms with E-state index in [1.54, 1.807) is 0 Å². The minimum Gasteiger partial charge on any atom is -0.393 e. The fraction of sp³-hybridized carbons (Fsp3) is 1.00. The second-order valence-corrected chi connectivity index (χ2v) is 12.4. The number of rotatable bonds is 6. The summed E-state index contributed by atoms with van der Waals surface area (Å²) in [6.07, 6.45) is 17.3. The lowest BCUT2D eigenvalue weighted by molar-refractivity contribution is -0.144. The summed E-state index contributed by atoms with van der Waals surface area (Å²) in [5, 5.41) is 21.8. The molecule has 4 aliphatic carbocycles. The fourth-order valence-electron chi connectivity index (χ4n) is 9.34. The van der Waals surface area contributed by atoms with Crippen LogP contribution in [0.2, 0.25) is 0 Å². The second-order valence-electron chi connectivity index (χ2n) is 12.4. The Kier molecular flexibility index (Phi) is 6.19. The Morgan fingerprint density at radius 1 is 0.862 bits per heavy atom. The maximum Gasteiger partial charge on any atom is 0.0653 e. The maximum atomic E-state index is 11.6. The van der Waals surface area contributed by atoms with Gasteiger partial charge in [0.2, 0.25) is 0 Å². The highest BCUT2D eigenvalue weighted by Crippen LogP contribution is 2.68. The van der Waals surface area contributed by atoms with Gasteiger partial charge in [0.05, 0.1) is 11.7 Å². The van der Waals surface area contributed by atoms with Crippen molar-refractivity contribution in [1.29, 1.82) is 0 Å². The molecule has 4 saturated carbocycles. The normalized spacial score (nSPS) is 49.0. The van der Waals surface area contributed by atoms with Crippen LogP contribution < -0.4 is 0 Å². The van der Waals surface area contributed by atoms with Gasteiger partial charge < -0.3 is 10.2 Å². The van der Waals surface area contributed by atoms with Crippen LogP contribution in [0.5, 0.6) is 0 Å². The molecule has 0 aromatic heterocycles. The van der Waals surface area contributed by atoms with Crippen molar-refractivity contribution in [2.45, 2.75) is 129 Å². The molecule has 2 nitrogen and oxygen atoms in total. The molecule has 0 spiro atoms. The van der Waals surface area contributed by atoms with E-state index < -0.39 is 5.60 Å². The Balaban J connectivity index is 1.48. The topological polar surface area (TPSA) is 40.5 Å². The Hall–Kier alpha value is -0.0800. The third-order valence-corrected chi connectivity index (χ3v) is 10.9. The average molecular weight is 405 g/mol. The minimum atomic E-state index is -0.486. The molecule has 8 unspecified atom stereocenters. The van der Waals surface area contributed by atoms with E-state index in [0.29, 0.717) is 16.7 Å². The van der Waals surface area contributed by atoms with Gasteiger partial charge in [-0.1, -0.05) is 46.5 Å². The number of aliphatic hydroxyl groups excluding tert-OH is 1. The first-order valence-electron chi connectivity index (χ1n) is 13.1. The van der Waals surface area contributed by atoms with E-state index in [9.17, 15) is 10.2 Å². The first-order chi connectivity index (χ1) is 13.7. The molecule has 0 radical (unpaired) electrons. The van der Waals surface area contributed by atoms with E-state index in [2.05, 4.69) is 27.7 Å². The van der Waals surface area contributed by atoms with E-state index in [-0.39, 0.29) is 6.10 Å². The molecule has 2 heteroatoms. The van der Waals surface area contributed by atoms with Crippen LogP contribution in [0, 0.1) is 40.4 Å². The molecule has 0 saturated heterocycles. The van der Waals surface area contributed by atoms with Gasteiger partial charge in [-0.2, -0.15) is 0 Å². The number of unbranched alkanes of at least 4 members (excludes halogenated alkanes) is 3. The van der Waals surface area contributed by atoms with Crippen molar-refractivity contribution in [3.05, 3.63) is 0 Å². The SMILES string of the molecule is CCCCCC[C@](C)(O)C1CCC2C3CCC4CC(O)CCC4(C)C3CCC21C. The van der Waals surface area contributed by atoms with Gasteiger partial charge in [-0.15, -0.1) is 0 Å². The van der Waals surface area contributed by atoms with Crippen molar-refractivity contribution >= 4 is 0 Å². The number of aliphatic hydroxyl groups is 2. The maximum absolute atomic E-state index is 11.6. The molecular weight excluding hydrogens is 356 g/mol. The zero-order valence-electron chi connectivity index (χ0n) is 19.8. The highest BCUT2D eigenvalue weighted by atomic mass is 16.3. The Labute approximate surface area is 180 Å². The molecule has 4 fully saturated rings. The van der Waals surface area contributed by atoms with Crippen LogP contribution in [0.1, 0.15) is 118 Å². The van der Waals surface area contributed by atoms with Crippen LogP contribution in [-0.4, -0.2) is 21.9 Å². The molecule has 4 aliphatic rings. The molecule has 29 heavy (non-hydrogen) atoms. The predicted octanol–water partition coefficient (Wildman–Crippen LogP) is 6.73. The third kappa shape index (κ3) is 3.73.